The average Bonchev–Trinajstić information content (AvgIpc) is 2.35. The Morgan fingerprint density at radius 1 is 1.31 bits per heavy atom. The van der Waals surface area contributed by atoms with Gasteiger partial charge in [0, 0.05) is 17.5 Å². The van der Waals surface area contributed by atoms with Crippen LogP contribution in [0.3, 0.4) is 0 Å². The van der Waals surface area contributed by atoms with Crippen LogP contribution in [0.25, 0.3) is 0 Å². The highest BCUT2D eigenvalue weighted by Crippen LogP contribution is 2.22. The topological polar surface area (TPSA) is 21.3 Å². The number of hydrogen-bond acceptors (Lipinski definition) is 3. The molecule has 0 radical (unpaired) electrons. The van der Waals surface area contributed by atoms with Crippen molar-refractivity contribution in [2.45, 2.75) is 52.2 Å². The zero-order valence-electron chi connectivity index (χ0n) is 11.0. The normalized spacial score (nSPS) is 23.6. The number of thioether (sulfide) groups is 1. The lowest BCUT2D eigenvalue weighted by Crippen LogP contribution is -2.45. The Balaban J connectivity index is 2.44. The van der Waals surface area contributed by atoms with Gasteiger partial charge in [0.25, 0.3) is 0 Å². The molecule has 0 amide bonds. The third-order valence-electron chi connectivity index (χ3n) is 3.50. The summed E-state index contributed by atoms with van der Waals surface area (Å²) in [5.41, 5.74) is 0. The molecule has 2 atom stereocenters. The van der Waals surface area contributed by atoms with Crippen molar-refractivity contribution >= 4 is 11.8 Å². The second kappa shape index (κ2) is 8.37. The van der Waals surface area contributed by atoms with Gasteiger partial charge in [-0.1, -0.05) is 33.6 Å². The summed E-state index contributed by atoms with van der Waals surface area (Å²) in [5.74, 6) is 3.18. The molecule has 1 N–H and O–H groups in total. The zero-order chi connectivity index (χ0) is 11.8. The molecule has 1 saturated heterocycles. The van der Waals surface area contributed by atoms with E-state index in [1.165, 1.54) is 25.0 Å². The quantitative estimate of drug-likeness (QED) is 0.745. The predicted octanol–water partition coefficient (Wildman–Crippen LogP) is 2.92. The maximum Gasteiger partial charge on any atom is 0.0818 e. The van der Waals surface area contributed by atoms with Crippen LogP contribution in [0.15, 0.2) is 0 Å². The van der Waals surface area contributed by atoms with Crippen molar-refractivity contribution in [3.8, 4) is 0 Å². The molecule has 0 aromatic rings. The molecule has 1 fully saturated rings. The summed E-state index contributed by atoms with van der Waals surface area (Å²) >= 11 is 2.03. The third-order valence-corrected chi connectivity index (χ3v) is 4.52. The molecule has 3 heteroatoms. The first kappa shape index (κ1) is 14.3. The van der Waals surface area contributed by atoms with Gasteiger partial charge in [-0.2, -0.15) is 11.8 Å². The van der Waals surface area contributed by atoms with Gasteiger partial charge in [0.15, 0.2) is 0 Å². The zero-order valence-corrected chi connectivity index (χ0v) is 11.8. The average molecular weight is 245 g/mol. The van der Waals surface area contributed by atoms with Gasteiger partial charge in [0.1, 0.15) is 0 Å². The van der Waals surface area contributed by atoms with Crippen LogP contribution >= 0.6 is 11.8 Å². The van der Waals surface area contributed by atoms with Crippen LogP contribution in [0.5, 0.6) is 0 Å². The second-order valence-corrected chi connectivity index (χ2v) is 5.72. The molecule has 96 valence electrons. The molecular weight excluding hydrogens is 218 g/mol. The van der Waals surface area contributed by atoms with E-state index in [2.05, 4.69) is 26.1 Å². The van der Waals surface area contributed by atoms with E-state index >= 15 is 0 Å². The third kappa shape index (κ3) is 4.64. The molecule has 1 heterocycles. The van der Waals surface area contributed by atoms with E-state index in [0.29, 0.717) is 12.1 Å². The van der Waals surface area contributed by atoms with E-state index in [1.54, 1.807) is 0 Å². The van der Waals surface area contributed by atoms with E-state index in [1.807, 2.05) is 11.8 Å². The molecule has 0 aromatic carbocycles. The largest absolute Gasteiger partial charge is 0.375 e. The van der Waals surface area contributed by atoms with Gasteiger partial charge >= 0.3 is 0 Å². The molecule has 0 bridgehead atoms. The molecular formula is C13H27NOS. The molecule has 1 aliphatic heterocycles. The molecule has 0 spiro atoms. The van der Waals surface area contributed by atoms with Crippen molar-refractivity contribution in [2.75, 3.05) is 24.7 Å². The summed E-state index contributed by atoms with van der Waals surface area (Å²) < 4.78 is 5.90. The first-order chi connectivity index (χ1) is 7.81. The molecule has 2 unspecified atom stereocenters. The SMILES string of the molecule is CCNC(CC(CC)CC)C1CSCCO1. The Bertz CT molecular complexity index is 167. The fourth-order valence-electron chi connectivity index (χ4n) is 2.35. The number of nitrogens with one attached hydrogen (secondary N) is 1. The summed E-state index contributed by atoms with van der Waals surface area (Å²) in [7, 11) is 0. The van der Waals surface area contributed by atoms with Gasteiger partial charge in [-0.05, 0) is 18.9 Å². The van der Waals surface area contributed by atoms with Crippen molar-refractivity contribution < 1.29 is 4.74 Å². The minimum atomic E-state index is 0.430. The van der Waals surface area contributed by atoms with Crippen LogP contribution in [-0.2, 0) is 4.74 Å². The van der Waals surface area contributed by atoms with E-state index in [0.717, 1.165) is 24.8 Å². The van der Waals surface area contributed by atoms with Gasteiger partial charge in [0.2, 0.25) is 0 Å². The van der Waals surface area contributed by atoms with Crippen molar-refractivity contribution in [2.24, 2.45) is 5.92 Å². The lowest BCUT2D eigenvalue weighted by atomic mass is 9.92. The summed E-state index contributed by atoms with van der Waals surface area (Å²) in [6, 6.07) is 0.558. The van der Waals surface area contributed by atoms with E-state index in [9.17, 15) is 0 Å². The minimum absolute atomic E-state index is 0.430. The lowest BCUT2D eigenvalue weighted by Gasteiger charge is -2.32. The van der Waals surface area contributed by atoms with Crippen molar-refractivity contribution in [1.29, 1.82) is 0 Å². The van der Waals surface area contributed by atoms with E-state index < -0.39 is 0 Å². The van der Waals surface area contributed by atoms with Gasteiger partial charge in [-0.15, -0.1) is 0 Å². The molecule has 1 rings (SSSR count). The monoisotopic (exact) mass is 245 g/mol. The summed E-state index contributed by atoms with van der Waals surface area (Å²) in [5, 5.41) is 3.61. The predicted molar refractivity (Wildman–Crippen MR) is 73.2 cm³/mol. The number of ether oxygens (including phenoxy) is 1. The molecule has 16 heavy (non-hydrogen) atoms. The molecule has 0 saturated carbocycles. The molecule has 1 aliphatic rings. The van der Waals surface area contributed by atoms with Gasteiger partial charge in [-0.25, -0.2) is 0 Å². The van der Waals surface area contributed by atoms with Crippen LogP contribution in [0.1, 0.15) is 40.0 Å². The van der Waals surface area contributed by atoms with Crippen LogP contribution in [0.4, 0.5) is 0 Å². The number of hydrogen-bond donors (Lipinski definition) is 1. The van der Waals surface area contributed by atoms with Crippen LogP contribution in [-0.4, -0.2) is 36.8 Å². The Kier molecular flexibility index (Phi) is 7.50. The highest BCUT2D eigenvalue weighted by Gasteiger charge is 2.25. The standard InChI is InChI=1S/C13H27NOS/c1-4-11(5-2)9-12(14-6-3)13-10-16-8-7-15-13/h11-14H,4-10H2,1-3H3. The highest BCUT2D eigenvalue weighted by molar-refractivity contribution is 7.99. The maximum atomic E-state index is 5.90. The fourth-order valence-corrected chi connectivity index (χ4v) is 3.29. The van der Waals surface area contributed by atoms with E-state index in [-0.39, 0.29) is 0 Å². The van der Waals surface area contributed by atoms with Crippen LogP contribution in [0.2, 0.25) is 0 Å². The van der Waals surface area contributed by atoms with Gasteiger partial charge in [0.05, 0.1) is 12.7 Å². The van der Waals surface area contributed by atoms with Crippen LogP contribution < -0.4 is 5.32 Å². The first-order valence-corrected chi connectivity index (χ1v) is 7.89. The smallest absolute Gasteiger partial charge is 0.0818 e. The molecule has 2 nitrogen and oxygen atoms in total. The Hall–Kier alpha value is 0.270. The van der Waals surface area contributed by atoms with Gasteiger partial charge < -0.3 is 10.1 Å². The first-order valence-electron chi connectivity index (χ1n) is 6.74. The second-order valence-electron chi connectivity index (χ2n) is 4.57. The lowest BCUT2D eigenvalue weighted by molar-refractivity contribution is 0.0401. The van der Waals surface area contributed by atoms with Crippen molar-refractivity contribution in [3.63, 3.8) is 0 Å². The molecule has 0 aromatic heterocycles. The summed E-state index contributed by atoms with van der Waals surface area (Å²) in [4.78, 5) is 0. The fraction of sp³-hybridized carbons (Fsp3) is 1.00. The van der Waals surface area contributed by atoms with Crippen molar-refractivity contribution in [3.05, 3.63) is 0 Å². The number of rotatable bonds is 7. The van der Waals surface area contributed by atoms with Crippen LogP contribution in [0, 0.1) is 5.92 Å². The minimum Gasteiger partial charge on any atom is -0.375 e. The Morgan fingerprint density at radius 3 is 2.56 bits per heavy atom. The van der Waals surface area contributed by atoms with E-state index in [4.69, 9.17) is 4.74 Å². The highest BCUT2D eigenvalue weighted by atomic mass is 32.2. The summed E-state index contributed by atoms with van der Waals surface area (Å²) in [6.45, 7) is 8.77. The Morgan fingerprint density at radius 2 is 2.06 bits per heavy atom. The van der Waals surface area contributed by atoms with Gasteiger partial charge in [-0.3, -0.25) is 0 Å². The Labute approximate surface area is 105 Å². The number of likely N-dealkylation sites (N-methyl/N-ethyl adjacent to an activating group) is 1. The maximum absolute atomic E-state index is 5.90. The van der Waals surface area contributed by atoms with Crippen molar-refractivity contribution in [1.82, 2.24) is 5.32 Å². The summed E-state index contributed by atoms with van der Waals surface area (Å²) in [6.07, 6.45) is 4.28. The molecule has 0 aliphatic carbocycles.